The predicted octanol–water partition coefficient (Wildman–Crippen LogP) is 2.36. The SMILES string of the molecule is CC(S)CSC(C)CS. The third-order valence-electron chi connectivity index (χ3n) is 0.879. The van der Waals surface area contributed by atoms with E-state index in [2.05, 4.69) is 39.1 Å². The van der Waals surface area contributed by atoms with Crippen molar-refractivity contribution < 1.29 is 0 Å². The third kappa shape index (κ3) is 6.94. The fraction of sp³-hybridized carbons (Fsp3) is 1.00. The van der Waals surface area contributed by atoms with Gasteiger partial charge in [-0.15, -0.1) is 0 Å². The Bertz CT molecular complexity index is 63.3. The summed E-state index contributed by atoms with van der Waals surface area (Å²) < 4.78 is 0. The van der Waals surface area contributed by atoms with E-state index in [-0.39, 0.29) is 0 Å². The van der Waals surface area contributed by atoms with Gasteiger partial charge in [0.05, 0.1) is 0 Å². The second-order valence-electron chi connectivity index (χ2n) is 2.18. The topological polar surface area (TPSA) is 0 Å². The molecule has 0 radical (unpaired) electrons. The van der Waals surface area contributed by atoms with E-state index in [0.29, 0.717) is 10.5 Å². The first-order valence-corrected chi connectivity index (χ1v) is 5.27. The standard InChI is InChI=1S/C6H14S3/c1-5(8)4-9-6(2)3-7/h5-8H,3-4H2,1-2H3. The summed E-state index contributed by atoms with van der Waals surface area (Å²) in [4.78, 5) is 0. The molecule has 0 nitrogen and oxygen atoms in total. The number of thiol groups is 2. The minimum atomic E-state index is 0.511. The molecule has 0 spiro atoms. The summed E-state index contributed by atoms with van der Waals surface area (Å²) in [6, 6.07) is 0. The molecule has 0 aliphatic carbocycles. The quantitative estimate of drug-likeness (QED) is 0.629. The first-order chi connectivity index (χ1) is 4.16. The minimum Gasteiger partial charge on any atom is -0.178 e. The molecular formula is C6H14S3. The van der Waals surface area contributed by atoms with Crippen molar-refractivity contribution in [1.82, 2.24) is 0 Å². The van der Waals surface area contributed by atoms with Crippen molar-refractivity contribution in [2.45, 2.75) is 24.3 Å². The van der Waals surface area contributed by atoms with E-state index in [1.54, 1.807) is 0 Å². The number of rotatable bonds is 4. The second-order valence-corrected chi connectivity index (χ2v) is 4.89. The largest absolute Gasteiger partial charge is 0.178 e. The van der Waals surface area contributed by atoms with Crippen LogP contribution in [0.1, 0.15) is 13.8 Å². The average Bonchev–Trinajstić information content (AvgIpc) is 1.83. The molecule has 0 bridgehead atoms. The molecule has 0 aliphatic heterocycles. The summed E-state index contributed by atoms with van der Waals surface area (Å²) in [5.74, 6) is 2.09. The number of thioether (sulfide) groups is 1. The van der Waals surface area contributed by atoms with Gasteiger partial charge in [-0.3, -0.25) is 0 Å². The Balaban J connectivity index is 3.06. The molecule has 2 atom stereocenters. The molecule has 3 heteroatoms. The van der Waals surface area contributed by atoms with Gasteiger partial charge in [-0.05, 0) is 0 Å². The molecule has 0 saturated carbocycles. The summed E-state index contributed by atoms with van der Waals surface area (Å²) in [7, 11) is 0. The highest BCUT2D eigenvalue weighted by atomic mass is 32.2. The Labute approximate surface area is 73.0 Å². The molecule has 0 fully saturated rings. The highest BCUT2D eigenvalue weighted by Crippen LogP contribution is 2.14. The van der Waals surface area contributed by atoms with Crippen LogP contribution >= 0.6 is 37.0 Å². The van der Waals surface area contributed by atoms with Gasteiger partial charge < -0.3 is 0 Å². The number of hydrogen-bond donors (Lipinski definition) is 2. The van der Waals surface area contributed by atoms with Gasteiger partial charge in [0.25, 0.3) is 0 Å². The summed E-state index contributed by atoms with van der Waals surface area (Å²) >= 11 is 10.4. The minimum absolute atomic E-state index is 0.511. The van der Waals surface area contributed by atoms with Crippen LogP contribution in [0.25, 0.3) is 0 Å². The zero-order valence-corrected chi connectivity index (χ0v) is 8.48. The highest BCUT2D eigenvalue weighted by Gasteiger charge is 2.00. The van der Waals surface area contributed by atoms with E-state index in [1.165, 1.54) is 0 Å². The zero-order valence-electron chi connectivity index (χ0n) is 5.87. The molecule has 0 aromatic carbocycles. The predicted molar refractivity (Wildman–Crippen MR) is 54.2 cm³/mol. The molecular weight excluding hydrogens is 168 g/mol. The van der Waals surface area contributed by atoms with Gasteiger partial charge in [0.2, 0.25) is 0 Å². The van der Waals surface area contributed by atoms with Crippen molar-refractivity contribution in [2.75, 3.05) is 11.5 Å². The summed E-state index contributed by atoms with van der Waals surface area (Å²) in [6.45, 7) is 4.30. The van der Waals surface area contributed by atoms with Gasteiger partial charge >= 0.3 is 0 Å². The summed E-state index contributed by atoms with van der Waals surface area (Å²) in [5, 5.41) is 1.18. The van der Waals surface area contributed by atoms with Gasteiger partial charge in [-0.2, -0.15) is 37.0 Å². The molecule has 0 aromatic heterocycles. The maximum atomic E-state index is 4.27. The second kappa shape index (κ2) is 5.81. The van der Waals surface area contributed by atoms with E-state index in [4.69, 9.17) is 0 Å². The van der Waals surface area contributed by atoms with Crippen LogP contribution in [0.4, 0.5) is 0 Å². The molecule has 2 unspecified atom stereocenters. The third-order valence-corrected chi connectivity index (χ3v) is 3.53. The zero-order chi connectivity index (χ0) is 7.28. The molecule has 0 saturated heterocycles. The van der Waals surface area contributed by atoms with Crippen molar-refractivity contribution in [1.29, 1.82) is 0 Å². The lowest BCUT2D eigenvalue weighted by Gasteiger charge is -2.08. The summed E-state index contributed by atoms with van der Waals surface area (Å²) in [6.07, 6.45) is 0. The fourth-order valence-corrected chi connectivity index (χ4v) is 1.64. The maximum Gasteiger partial charge on any atom is 0.0107 e. The van der Waals surface area contributed by atoms with Crippen LogP contribution in [0, 0.1) is 0 Å². The Kier molecular flexibility index (Phi) is 6.48. The van der Waals surface area contributed by atoms with E-state index >= 15 is 0 Å². The van der Waals surface area contributed by atoms with Gasteiger partial charge in [0.15, 0.2) is 0 Å². The van der Waals surface area contributed by atoms with Crippen molar-refractivity contribution in [2.24, 2.45) is 0 Å². The molecule has 9 heavy (non-hydrogen) atoms. The lowest BCUT2D eigenvalue weighted by Crippen LogP contribution is -2.03. The fourth-order valence-electron chi connectivity index (χ4n) is 0.356. The molecule has 0 aliphatic rings. The van der Waals surface area contributed by atoms with Crippen molar-refractivity contribution in [3.8, 4) is 0 Å². The summed E-state index contributed by atoms with van der Waals surface area (Å²) in [5.41, 5.74) is 0. The molecule has 56 valence electrons. The molecule has 0 rings (SSSR count). The lowest BCUT2D eigenvalue weighted by molar-refractivity contribution is 1.09. The lowest BCUT2D eigenvalue weighted by atomic mass is 10.5. The molecule has 0 amide bonds. The Morgan fingerprint density at radius 1 is 1.44 bits per heavy atom. The van der Waals surface area contributed by atoms with Crippen LogP contribution in [0.3, 0.4) is 0 Å². The van der Waals surface area contributed by atoms with E-state index in [1.807, 2.05) is 11.8 Å². The van der Waals surface area contributed by atoms with Crippen molar-refractivity contribution in [3.63, 3.8) is 0 Å². The van der Waals surface area contributed by atoms with Crippen LogP contribution in [0.15, 0.2) is 0 Å². The Morgan fingerprint density at radius 3 is 2.33 bits per heavy atom. The molecule has 0 aromatic rings. The van der Waals surface area contributed by atoms with E-state index in [0.717, 1.165) is 11.5 Å². The van der Waals surface area contributed by atoms with Crippen LogP contribution in [0.2, 0.25) is 0 Å². The number of hydrogen-bond acceptors (Lipinski definition) is 3. The Hall–Kier alpha value is 1.05. The normalized spacial score (nSPS) is 17.3. The van der Waals surface area contributed by atoms with Crippen LogP contribution in [0.5, 0.6) is 0 Å². The van der Waals surface area contributed by atoms with Crippen LogP contribution in [-0.2, 0) is 0 Å². The van der Waals surface area contributed by atoms with Crippen molar-refractivity contribution >= 4 is 37.0 Å². The van der Waals surface area contributed by atoms with E-state index < -0.39 is 0 Å². The first kappa shape index (κ1) is 10.0. The van der Waals surface area contributed by atoms with Crippen LogP contribution < -0.4 is 0 Å². The molecule has 0 N–H and O–H groups in total. The van der Waals surface area contributed by atoms with Crippen LogP contribution in [-0.4, -0.2) is 22.0 Å². The van der Waals surface area contributed by atoms with Gasteiger partial charge in [0, 0.05) is 22.0 Å². The first-order valence-electron chi connectivity index (χ1n) is 3.07. The van der Waals surface area contributed by atoms with E-state index in [9.17, 15) is 0 Å². The van der Waals surface area contributed by atoms with Gasteiger partial charge in [-0.1, -0.05) is 13.8 Å². The Morgan fingerprint density at radius 2 is 2.00 bits per heavy atom. The molecule has 0 heterocycles. The highest BCUT2D eigenvalue weighted by molar-refractivity contribution is 8.01. The van der Waals surface area contributed by atoms with Gasteiger partial charge in [-0.25, -0.2) is 0 Å². The monoisotopic (exact) mass is 182 g/mol. The van der Waals surface area contributed by atoms with Crippen molar-refractivity contribution in [3.05, 3.63) is 0 Å². The smallest absolute Gasteiger partial charge is 0.0107 e. The van der Waals surface area contributed by atoms with Gasteiger partial charge in [0.1, 0.15) is 0 Å². The average molecular weight is 182 g/mol. The maximum absolute atomic E-state index is 4.27.